The van der Waals surface area contributed by atoms with Crippen molar-refractivity contribution >= 4 is 31.9 Å². The minimum Gasteiger partial charge on any atom is -0.236 e. The Kier molecular flexibility index (Phi) is 4.96. The van der Waals surface area contributed by atoms with Gasteiger partial charge >= 0.3 is 0 Å². The monoisotopic (exact) mass is 464 g/mol. The van der Waals surface area contributed by atoms with Gasteiger partial charge in [0.1, 0.15) is 0 Å². The molecule has 0 atom stereocenters. The Morgan fingerprint density at radius 3 is 1.77 bits per heavy atom. The SMILES string of the molecule is Brc1ccc(-c2cnc(-c3ccccc3)nc2-c2ccc(Br)cc2)cc1. The largest absolute Gasteiger partial charge is 0.236 e. The predicted molar refractivity (Wildman–Crippen MR) is 114 cm³/mol. The molecule has 4 aromatic rings. The van der Waals surface area contributed by atoms with Crippen molar-refractivity contribution in [1.82, 2.24) is 9.97 Å². The molecule has 0 radical (unpaired) electrons. The van der Waals surface area contributed by atoms with E-state index in [4.69, 9.17) is 4.98 Å². The third kappa shape index (κ3) is 3.62. The molecule has 0 aliphatic rings. The average Bonchev–Trinajstić information content (AvgIpc) is 2.70. The maximum atomic E-state index is 4.90. The Hall–Kier alpha value is -2.30. The number of benzene rings is 3. The van der Waals surface area contributed by atoms with Gasteiger partial charge in [-0.2, -0.15) is 0 Å². The van der Waals surface area contributed by atoms with E-state index in [9.17, 15) is 0 Å². The van der Waals surface area contributed by atoms with E-state index in [2.05, 4.69) is 61.1 Å². The van der Waals surface area contributed by atoms with Gasteiger partial charge < -0.3 is 0 Å². The molecule has 0 saturated heterocycles. The maximum Gasteiger partial charge on any atom is 0.159 e. The first-order valence-electron chi connectivity index (χ1n) is 8.15. The van der Waals surface area contributed by atoms with Crippen LogP contribution < -0.4 is 0 Å². The Bertz CT molecular complexity index is 1030. The van der Waals surface area contributed by atoms with Crippen LogP contribution in [-0.4, -0.2) is 9.97 Å². The maximum absolute atomic E-state index is 4.90. The van der Waals surface area contributed by atoms with Crippen LogP contribution in [0.25, 0.3) is 33.8 Å². The van der Waals surface area contributed by atoms with Crippen molar-refractivity contribution in [3.05, 3.63) is 94.0 Å². The molecule has 126 valence electrons. The highest BCUT2D eigenvalue weighted by atomic mass is 79.9. The lowest BCUT2D eigenvalue weighted by Crippen LogP contribution is -1.96. The molecule has 2 nitrogen and oxygen atoms in total. The Balaban J connectivity index is 1.90. The molecule has 0 aliphatic carbocycles. The molecule has 0 fully saturated rings. The first-order valence-corrected chi connectivity index (χ1v) is 9.74. The van der Waals surface area contributed by atoms with E-state index in [1.807, 2.05) is 60.8 Å². The summed E-state index contributed by atoms with van der Waals surface area (Å²) in [6, 6.07) is 26.5. The third-order valence-corrected chi connectivity index (χ3v) is 5.15. The summed E-state index contributed by atoms with van der Waals surface area (Å²) in [5.41, 5.74) is 5.10. The Labute approximate surface area is 169 Å². The standard InChI is InChI=1S/C22H14Br2N2/c23-18-10-6-15(7-11-18)20-14-25-22(17-4-2-1-3-5-17)26-21(20)16-8-12-19(24)13-9-16/h1-14H. The first-order chi connectivity index (χ1) is 12.7. The summed E-state index contributed by atoms with van der Waals surface area (Å²) in [4.78, 5) is 9.52. The van der Waals surface area contributed by atoms with E-state index in [-0.39, 0.29) is 0 Å². The molecule has 0 aliphatic heterocycles. The fourth-order valence-corrected chi connectivity index (χ4v) is 3.31. The van der Waals surface area contributed by atoms with Crippen molar-refractivity contribution < 1.29 is 0 Å². The number of halogens is 2. The molecule has 0 unspecified atom stereocenters. The third-order valence-electron chi connectivity index (χ3n) is 4.09. The van der Waals surface area contributed by atoms with E-state index < -0.39 is 0 Å². The van der Waals surface area contributed by atoms with Gasteiger partial charge in [0, 0.05) is 31.8 Å². The minimum atomic E-state index is 0.726. The van der Waals surface area contributed by atoms with Gasteiger partial charge in [-0.15, -0.1) is 0 Å². The highest BCUT2D eigenvalue weighted by molar-refractivity contribution is 9.10. The summed E-state index contributed by atoms with van der Waals surface area (Å²) in [5, 5.41) is 0. The topological polar surface area (TPSA) is 25.8 Å². The predicted octanol–water partition coefficient (Wildman–Crippen LogP) is 7.00. The summed E-state index contributed by atoms with van der Waals surface area (Å²) in [6.07, 6.45) is 1.91. The van der Waals surface area contributed by atoms with Crippen LogP contribution in [-0.2, 0) is 0 Å². The molecule has 3 aromatic carbocycles. The second-order valence-electron chi connectivity index (χ2n) is 5.84. The van der Waals surface area contributed by atoms with Crippen LogP contribution in [0, 0.1) is 0 Å². The minimum absolute atomic E-state index is 0.726. The molecule has 26 heavy (non-hydrogen) atoms. The van der Waals surface area contributed by atoms with Gasteiger partial charge in [-0.05, 0) is 29.8 Å². The smallest absolute Gasteiger partial charge is 0.159 e. The fourth-order valence-electron chi connectivity index (χ4n) is 2.78. The van der Waals surface area contributed by atoms with Crippen LogP contribution in [0.2, 0.25) is 0 Å². The Morgan fingerprint density at radius 1 is 0.577 bits per heavy atom. The summed E-state index contributed by atoms with van der Waals surface area (Å²) in [7, 11) is 0. The molecule has 1 heterocycles. The highest BCUT2D eigenvalue weighted by Crippen LogP contribution is 2.33. The van der Waals surface area contributed by atoms with Crippen molar-refractivity contribution in [2.45, 2.75) is 0 Å². The van der Waals surface area contributed by atoms with Crippen LogP contribution in [0.15, 0.2) is 94.0 Å². The number of rotatable bonds is 3. The van der Waals surface area contributed by atoms with Gasteiger partial charge in [-0.25, -0.2) is 9.97 Å². The van der Waals surface area contributed by atoms with Crippen molar-refractivity contribution in [1.29, 1.82) is 0 Å². The molecular weight excluding hydrogens is 452 g/mol. The van der Waals surface area contributed by atoms with E-state index >= 15 is 0 Å². The van der Waals surface area contributed by atoms with E-state index in [1.165, 1.54) is 0 Å². The quantitative estimate of drug-likeness (QED) is 0.325. The van der Waals surface area contributed by atoms with Crippen molar-refractivity contribution in [2.24, 2.45) is 0 Å². The number of hydrogen-bond acceptors (Lipinski definition) is 2. The van der Waals surface area contributed by atoms with Crippen LogP contribution in [0.1, 0.15) is 0 Å². The summed E-state index contributed by atoms with van der Waals surface area (Å²) < 4.78 is 2.09. The van der Waals surface area contributed by atoms with E-state index in [0.29, 0.717) is 0 Å². The zero-order chi connectivity index (χ0) is 17.9. The molecule has 0 amide bonds. The van der Waals surface area contributed by atoms with Gasteiger partial charge in [0.2, 0.25) is 0 Å². The lowest BCUT2D eigenvalue weighted by atomic mass is 10.0. The molecular formula is C22H14Br2N2. The summed E-state index contributed by atoms with van der Waals surface area (Å²) in [6.45, 7) is 0. The molecule has 0 saturated carbocycles. The molecule has 4 heteroatoms. The van der Waals surface area contributed by atoms with Gasteiger partial charge in [-0.1, -0.05) is 86.5 Å². The second-order valence-corrected chi connectivity index (χ2v) is 7.67. The molecule has 0 spiro atoms. The average molecular weight is 466 g/mol. The van der Waals surface area contributed by atoms with Crippen LogP contribution in [0.3, 0.4) is 0 Å². The number of hydrogen-bond donors (Lipinski definition) is 0. The van der Waals surface area contributed by atoms with E-state index in [1.54, 1.807) is 0 Å². The number of aromatic nitrogens is 2. The van der Waals surface area contributed by atoms with Gasteiger partial charge in [-0.3, -0.25) is 0 Å². The lowest BCUT2D eigenvalue weighted by molar-refractivity contribution is 1.18. The first kappa shape index (κ1) is 17.1. The fraction of sp³-hybridized carbons (Fsp3) is 0. The van der Waals surface area contributed by atoms with Crippen LogP contribution in [0.4, 0.5) is 0 Å². The molecule has 0 N–H and O–H groups in total. The van der Waals surface area contributed by atoms with E-state index in [0.717, 1.165) is 42.7 Å². The summed E-state index contributed by atoms with van der Waals surface area (Å²) >= 11 is 7.00. The normalized spacial score (nSPS) is 10.7. The molecule has 1 aromatic heterocycles. The van der Waals surface area contributed by atoms with Crippen molar-refractivity contribution in [2.75, 3.05) is 0 Å². The lowest BCUT2D eigenvalue weighted by Gasteiger charge is -2.11. The Morgan fingerprint density at radius 2 is 1.15 bits per heavy atom. The van der Waals surface area contributed by atoms with Gasteiger partial charge in [0.15, 0.2) is 5.82 Å². The van der Waals surface area contributed by atoms with Crippen LogP contribution >= 0.6 is 31.9 Å². The van der Waals surface area contributed by atoms with Gasteiger partial charge in [0.05, 0.1) is 5.69 Å². The summed E-state index contributed by atoms with van der Waals surface area (Å²) in [5.74, 6) is 0.726. The van der Waals surface area contributed by atoms with Gasteiger partial charge in [0.25, 0.3) is 0 Å². The van der Waals surface area contributed by atoms with Crippen molar-refractivity contribution in [3.63, 3.8) is 0 Å². The zero-order valence-corrected chi connectivity index (χ0v) is 16.9. The van der Waals surface area contributed by atoms with Crippen molar-refractivity contribution in [3.8, 4) is 33.8 Å². The molecule has 0 bridgehead atoms. The zero-order valence-electron chi connectivity index (χ0n) is 13.7. The van der Waals surface area contributed by atoms with Crippen LogP contribution in [0.5, 0.6) is 0 Å². The number of nitrogens with zero attached hydrogens (tertiary/aromatic N) is 2. The second kappa shape index (κ2) is 7.52. The highest BCUT2D eigenvalue weighted by Gasteiger charge is 2.12. The molecule has 4 rings (SSSR count).